The molecule has 170 valence electrons. The molecule has 2 aromatic rings. The number of nitrogens with two attached hydrogens (primary N) is 1. The lowest BCUT2D eigenvalue weighted by Crippen LogP contribution is -2.59. The van der Waals surface area contributed by atoms with Crippen molar-refractivity contribution in [2.45, 2.75) is 57.6 Å². The van der Waals surface area contributed by atoms with Gasteiger partial charge in [0.1, 0.15) is 6.10 Å². The van der Waals surface area contributed by atoms with Gasteiger partial charge in [-0.25, -0.2) is 9.59 Å². The number of imidazole rings is 1. The van der Waals surface area contributed by atoms with Crippen LogP contribution < -0.4 is 11.4 Å². The van der Waals surface area contributed by atoms with E-state index in [1.165, 1.54) is 0 Å². The van der Waals surface area contributed by atoms with Crippen LogP contribution in [0.1, 0.15) is 50.1 Å². The molecule has 4 saturated carbocycles. The van der Waals surface area contributed by atoms with Crippen LogP contribution in [0.15, 0.2) is 23.0 Å². The van der Waals surface area contributed by atoms with Crippen LogP contribution in [0.4, 0.5) is 4.79 Å². The largest absolute Gasteiger partial charge is 0.446 e. The lowest BCUT2D eigenvalue weighted by atomic mass is 9.48. The Bertz CT molecular complexity index is 1150. The van der Waals surface area contributed by atoms with Gasteiger partial charge in [0.05, 0.1) is 22.5 Å². The normalized spacial score (nSPS) is 35.5. The summed E-state index contributed by atoms with van der Waals surface area (Å²) in [5.74, 6) is 0.818. The first-order chi connectivity index (χ1) is 15.3. The lowest BCUT2D eigenvalue weighted by Gasteiger charge is -2.58. The number of amides is 2. The fraction of sp³-hybridized carbons (Fsp3) is 0.625. The molecular formula is C24H30N4O4. The van der Waals surface area contributed by atoms with Gasteiger partial charge in [-0.05, 0) is 80.9 Å². The molecule has 2 unspecified atom stereocenters. The fourth-order valence-electron chi connectivity index (χ4n) is 7.39. The Labute approximate surface area is 186 Å². The number of hydrogen-bond donors (Lipinski definition) is 2. The summed E-state index contributed by atoms with van der Waals surface area (Å²) in [5, 5.41) is 0. The van der Waals surface area contributed by atoms with Crippen LogP contribution in [0.2, 0.25) is 0 Å². The molecule has 4 aliphatic carbocycles. The molecule has 0 spiro atoms. The van der Waals surface area contributed by atoms with Gasteiger partial charge in [-0.3, -0.25) is 9.36 Å². The zero-order valence-corrected chi connectivity index (χ0v) is 18.4. The number of aromatic amines is 1. The number of primary amides is 1. The Balaban J connectivity index is 1.16. The van der Waals surface area contributed by atoms with Crippen molar-refractivity contribution in [3.05, 3.63) is 34.2 Å². The van der Waals surface area contributed by atoms with Gasteiger partial charge in [-0.15, -0.1) is 0 Å². The van der Waals surface area contributed by atoms with Crippen molar-refractivity contribution >= 4 is 23.0 Å². The molecule has 0 radical (unpaired) electrons. The van der Waals surface area contributed by atoms with Gasteiger partial charge in [0, 0.05) is 13.1 Å². The number of hydrogen-bond acceptors (Lipinski definition) is 4. The quantitative estimate of drug-likeness (QED) is 0.768. The molecule has 1 aromatic heterocycles. The maximum atomic E-state index is 13.1. The zero-order chi connectivity index (χ0) is 22.2. The Morgan fingerprint density at radius 2 is 1.94 bits per heavy atom. The summed E-state index contributed by atoms with van der Waals surface area (Å²) in [6, 6.07) is 5.87. The van der Waals surface area contributed by atoms with Gasteiger partial charge in [-0.2, -0.15) is 0 Å². The predicted molar refractivity (Wildman–Crippen MR) is 118 cm³/mol. The average molecular weight is 439 g/mol. The van der Waals surface area contributed by atoms with E-state index >= 15 is 0 Å². The van der Waals surface area contributed by atoms with Crippen molar-refractivity contribution < 1.29 is 14.3 Å². The molecule has 2 amide bonds. The third kappa shape index (κ3) is 2.91. The minimum atomic E-state index is -0.382. The first-order valence-electron chi connectivity index (χ1n) is 11.8. The van der Waals surface area contributed by atoms with E-state index in [1.54, 1.807) is 9.47 Å². The summed E-state index contributed by atoms with van der Waals surface area (Å²) >= 11 is 0. The van der Waals surface area contributed by atoms with Crippen molar-refractivity contribution in [3.8, 4) is 0 Å². The summed E-state index contributed by atoms with van der Waals surface area (Å²) in [6.07, 6.45) is 4.77. The van der Waals surface area contributed by atoms with Crippen molar-refractivity contribution in [2.24, 2.45) is 28.9 Å². The first-order valence-corrected chi connectivity index (χ1v) is 11.8. The minimum absolute atomic E-state index is 0.0665. The maximum absolute atomic E-state index is 13.1. The van der Waals surface area contributed by atoms with Crippen molar-refractivity contribution in [3.63, 3.8) is 0 Å². The van der Waals surface area contributed by atoms with Gasteiger partial charge < -0.3 is 20.4 Å². The van der Waals surface area contributed by atoms with Crippen LogP contribution >= 0.6 is 0 Å². The number of likely N-dealkylation sites (tertiary alicyclic amines) is 1. The number of carbonyl (C=O) groups excluding carboxylic acids is 2. The van der Waals surface area contributed by atoms with Crippen LogP contribution in [-0.2, 0) is 9.53 Å². The van der Waals surface area contributed by atoms with Crippen LogP contribution in [-0.4, -0.2) is 45.6 Å². The van der Waals surface area contributed by atoms with E-state index in [-0.39, 0.29) is 47.1 Å². The summed E-state index contributed by atoms with van der Waals surface area (Å²) in [7, 11) is 0. The molecule has 2 heterocycles. The number of fused-ring (bicyclic) bond motifs is 1. The topological polar surface area (TPSA) is 110 Å². The smallest absolute Gasteiger partial charge is 0.410 e. The molecular weight excluding hydrogens is 408 g/mol. The third-order valence-electron chi connectivity index (χ3n) is 8.60. The van der Waals surface area contributed by atoms with Crippen LogP contribution in [0.25, 0.3) is 11.0 Å². The van der Waals surface area contributed by atoms with Gasteiger partial charge in [0.2, 0.25) is 5.91 Å². The maximum Gasteiger partial charge on any atom is 0.410 e. The number of H-pyrrole nitrogens is 1. The van der Waals surface area contributed by atoms with Crippen molar-refractivity contribution in [2.75, 3.05) is 13.1 Å². The second kappa shape index (κ2) is 6.86. The highest BCUT2D eigenvalue weighted by Crippen LogP contribution is 2.60. The second-order valence-electron chi connectivity index (χ2n) is 10.7. The molecule has 5 fully saturated rings. The van der Waals surface area contributed by atoms with E-state index < -0.39 is 0 Å². The Hall–Kier alpha value is -2.77. The molecule has 5 aliphatic rings. The monoisotopic (exact) mass is 438 g/mol. The number of carbonyl (C=O) groups is 2. The summed E-state index contributed by atoms with van der Waals surface area (Å²) < 4.78 is 7.85. The van der Waals surface area contributed by atoms with E-state index in [1.807, 2.05) is 25.1 Å². The van der Waals surface area contributed by atoms with E-state index in [4.69, 9.17) is 10.5 Å². The zero-order valence-electron chi connectivity index (χ0n) is 18.4. The average Bonchev–Trinajstić information content (AvgIpc) is 3.33. The van der Waals surface area contributed by atoms with Gasteiger partial charge in [-0.1, -0.05) is 6.07 Å². The van der Waals surface area contributed by atoms with Crippen LogP contribution in [0.5, 0.6) is 0 Å². The number of nitrogens with zero attached hydrogens (tertiary/aromatic N) is 2. The minimum Gasteiger partial charge on any atom is -0.446 e. The van der Waals surface area contributed by atoms with Gasteiger partial charge in [0.15, 0.2) is 0 Å². The van der Waals surface area contributed by atoms with Crippen molar-refractivity contribution in [1.29, 1.82) is 0 Å². The molecule has 1 aliphatic heterocycles. The van der Waals surface area contributed by atoms with Crippen LogP contribution in [0, 0.1) is 30.1 Å². The molecule has 1 saturated heterocycles. The SMILES string of the molecule is Cc1ccc2c(c1)[nH]c(=O)n2[C@H]1CCN(C(=O)OC2C3CC4CC2CC(C(N)=O)(C4)C3)C1. The number of aromatic nitrogens is 2. The summed E-state index contributed by atoms with van der Waals surface area (Å²) in [5.41, 5.74) is 8.05. The number of aryl methyl sites for hydroxylation is 1. The predicted octanol–water partition coefficient (Wildman–Crippen LogP) is 2.70. The first kappa shape index (κ1) is 19.9. The van der Waals surface area contributed by atoms with E-state index in [0.717, 1.165) is 55.1 Å². The molecule has 1 aromatic carbocycles. The Kier molecular flexibility index (Phi) is 4.26. The van der Waals surface area contributed by atoms with Crippen LogP contribution in [0.3, 0.4) is 0 Å². The summed E-state index contributed by atoms with van der Waals surface area (Å²) in [6.45, 7) is 3.04. The molecule has 3 atom stereocenters. The molecule has 7 rings (SSSR count). The van der Waals surface area contributed by atoms with E-state index in [0.29, 0.717) is 19.0 Å². The Morgan fingerprint density at radius 1 is 1.19 bits per heavy atom. The highest BCUT2D eigenvalue weighted by atomic mass is 16.6. The number of nitrogens with one attached hydrogen (secondary N) is 1. The molecule has 3 N–H and O–H groups in total. The summed E-state index contributed by atoms with van der Waals surface area (Å²) in [4.78, 5) is 42.5. The number of benzene rings is 1. The lowest BCUT2D eigenvalue weighted by molar-refractivity contribution is -0.161. The Morgan fingerprint density at radius 3 is 2.66 bits per heavy atom. The van der Waals surface area contributed by atoms with Gasteiger partial charge in [0.25, 0.3) is 0 Å². The standard InChI is InChI=1S/C24H30N4O4/c1-13-2-3-19-18(6-13)26-22(30)28(19)17-4-5-27(12-17)23(31)32-20-15-7-14-8-16(20)11-24(9-14,10-15)21(25)29/h2-3,6,14-17,20H,4-5,7-12H2,1H3,(H2,25,29)(H,26,30)/t14?,15?,16?,17-,20?,24?/m0/s1. The highest BCUT2D eigenvalue weighted by molar-refractivity contribution is 5.81. The molecule has 32 heavy (non-hydrogen) atoms. The molecule has 8 heteroatoms. The molecule has 4 bridgehead atoms. The third-order valence-corrected chi connectivity index (χ3v) is 8.60. The van der Waals surface area contributed by atoms with Gasteiger partial charge >= 0.3 is 11.8 Å². The number of rotatable bonds is 3. The molecule has 8 nitrogen and oxygen atoms in total. The highest BCUT2D eigenvalue weighted by Gasteiger charge is 2.59. The van der Waals surface area contributed by atoms with E-state index in [2.05, 4.69) is 4.98 Å². The fourth-order valence-corrected chi connectivity index (χ4v) is 7.39. The van der Waals surface area contributed by atoms with Crippen molar-refractivity contribution in [1.82, 2.24) is 14.5 Å². The van der Waals surface area contributed by atoms with E-state index in [9.17, 15) is 14.4 Å². The number of ether oxygens (including phenoxy) is 1. The second-order valence-corrected chi connectivity index (χ2v) is 10.7.